The number of carbonyl (C=O) groups is 2. The van der Waals surface area contributed by atoms with E-state index in [9.17, 15) is 14.4 Å². The molecule has 0 radical (unpaired) electrons. The molecule has 26 heavy (non-hydrogen) atoms. The molecule has 0 saturated heterocycles. The van der Waals surface area contributed by atoms with Gasteiger partial charge in [-0.3, -0.25) is 14.4 Å². The van der Waals surface area contributed by atoms with E-state index in [-0.39, 0.29) is 18.6 Å². The summed E-state index contributed by atoms with van der Waals surface area (Å²) < 4.78 is 0. The Hall–Kier alpha value is -3.19. The highest BCUT2D eigenvalue weighted by molar-refractivity contribution is 6.35. The number of aromatic amines is 1. The van der Waals surface area contributed by atoms with Crippen molar-refractivity contribution in [2.45, 2.75) is 13.1 Å². The lowest BCUT2D eigenvalue weighted by Crippen LogP contribution is -2.39. The number of halogens is 1. The first kappa shape index (κ1) is 17.6. The molecule has 2 amide bonds. The third-order valence-corrected chi connectivity index (χ3v) is 4.02. The summed E-state index contributed by atoms with van der Waals surface area (Å²) in [6.45, 7) is 0.230. The average molecular weight is 371 g/mol. The number of aromatic nitrogens is 2. The topological polar surface area (TPSA) is 104 Å². The van der Waals surface area contributed by atoms with E-state index in [4.69, 9.17) is 11.6 Å². The quantitative estimate of drug-likeness (QED) is 0.605. The molecule has 7 nitrogen and oxygen atoms in total. The van der Waals surface area contributed by atoms with Crippen molar-refractivity contribution in [3.05, 3.63) is 75.2 Å². The zero-order valence-electron chi connectivity index (χ0n) is 13.6. The van der Waals surface area contributed by atoms with Crippen LogP contribution in [0.1, 0.15) is 11.3 Å². The summed E-state index contributed by atoms with van der Waals surface area (Å²) in [6, 6.07) is 13.8. The van der Waals surface area contributed by atoms with Gasteiger partial charge in [0.15, 0.2) is 0 Å². The minimum Gasteiger partial charge on any atom is -0.344 e. The predicted molar refractivity (Wildman–Crippen MR) is 97.5 cm³/mol. The Morgan fingerprint density at radius 1 is 0.923 bits per heavy atom. The van der Waals surface area contributed by atoms with Crippen molar-refractivity contribution < 1.29 is 9.59 Å². The van der Waals surface area contributed by atoms with Gasteiger partial charge in [-0.25, -0.2) is 5.10 Å². The number of carbonyl (C=O) groups excluding carboxylic acids is 2. The molecule has 3 rings (SSSR count). The molecular formula is C18H15ClN4O3. The summed E-state index contributed by atoms with van der Waals surface area (Å²) >= 11 is 5.80. The lowest BCUT2D eigenvalue weighted by atomic mass is 10.1. The maximum Gasteiger partial charge on any atom is 0.309 e. The summed E-state index contributed by atoms with van der Waals surface area (Å²) in [7, 11) is 0. The number of hydrogen-bond donors (Lipinski definition) is 3. The van der Waals surface area contributed by atoms with E-state index < -0.39 is 11.8 Å². The second-order valence-corrected chi connectivity index (χ2v) is 5.97. The van der Waals surface area contributed by atoms with Crippen LogP contribution in [0.25, 0.3) is 10.8 Å². The van der Waals surface area contributed by atoms with E-state index in [2.05, 4.69) is 20.8 Å². The summed E-state index contributed by atoms with van der Waals surface area (Å²) in [6.07, 6.45) is 0. The van der Waals surface area contributed by atoms with Crippen molar-refractivity contribution in [1.82, 2.24) is 20.8 Å². The Balaban J connectivity index is 1.60. The van der Waals surface area contributed by atoms with Crippen LogP contribution in [0.2, 0.25) is 5.02 Å². The highest BCUT2D eigenvalue weighted by atomic mass is 35.5. The Morgan fingerprint density at radius 3 is 2.23 bits per heavy atom. The van der Waals surface area contributed by atoms with Gasteiger partial charge in [0.1, 0.15) is 0 Å². The number of nitrogens with one attached hydrogen (secondary N) is 3. The Kier molecular flexibility index (Phi) is 5.28. The maximum atomic E-state index is 12.0. The largest absolute Gasteiger partial charge is 0.344 e. The number of hydrogen-bond acceptors (Lipinski definition) is 4. The molecule has 8 heteroatoms. The fourth-order valence-corrected chi connectivity index (χ4v) is 2.54. The molecule has 0 aliphatic carbocycles. The first-order chi connectivity index (χ1) is 12.5. The highest BCUT2D eigenvalue weighted by Crippen LogP contribution is 2.12. The van der Waals surface area contributed by atoms with Crippen LogP contribution in [-0.4, -0.2) is 22.0 Å². The van der Waals surface area contributed by atoms with E-state index >= 15 is 0 Å². The molecule has 132 valence electrons. The molecule has 0 fully saturated rings. The Morgan fingerprint density at radius 2 is 1.54 bits per heavy atom. The van der Waals surface area contributed by atoms with E-state index in [0.29, 0.717) is 21.5 Å². The molecule has 0 spiro atoms. The van der Waals surface area contributed by atoms with Crippen molar-refractivity contribution in [1.29, 1.82) is 0 Å². The minimum absolute atomic E-state index is 0.0183. The molecule has 3 N–H and O–H groups in total. The van der Waals surface area contributed by atoms with Gasteiger partial charge in [0.2, 0.25) is 0 Å². The van der Waals surface area contributed by atoms with Crippen molar-refractivity contribution in [3.63, 3.8) is 0 Å². The second kappa shape index (κ2) is 7.79. The third kappa shape index (κ3) is 4.07. The molecule has 0 saturated carbocycles. The summed E-state index contributed by atoms with van der Waals surface area (Å²) in [4.78, 5) is 35.6. The van der Waals surface area contributed by atoms with Crippen molar-refractivity contribution >= 4 is 34.2 Å². The lowest BCUT2D eigenvalue weighted by molar-refractivity contribution is -0.139. The number of nitrogens with zero attached hydrogens (tertiary/aromatic N) is 1. The lowest BCUT2D eigenvalue weighted by Gasteiger charge is -2.08. The van der Waals surface area contributed by atoms with E-state index in [0.717, 1.165) is 5.56 Å². The maximum absolute atomic E-state index is 12.0. The number of rotatable bonds is 4. The molecule has 0 aliphatic rings. The molecule has 3 aromatic rings. The molecule has 1 heterocycles. The Labute approximate surface area is 153 Å². The number of benzene rings is 2. The highest BCUT2D eigenvalue weighted by Gasteiger charge is 2.14. The first-order valence-corrected chi connectivity index (χ1v) is 8.19. The van der Waals surface area contributed by atoms with Gasteiger partial charge >= 0.3 is 11.8 Å². The summed E-state index contributed by atoms with van der Waals surface area (Å²) in [5, 5.41) is 13.0. The second-order valence-electron chi connectivity index (χ2n) is 5.54. The van der Waals surface area contributed by atoms with Crippen LogP contribution >= 0.6 is 11.6 Å². The third-order valence-electron chi connectivity index (χ3n) is 3.76. The summed E-state index contributed by atoms with van der Waals surface area (Å²) in [5.74, 6) is -1.54. The van der Waals surface area contributed by atoms with Crippen molar-refractivity contribution in [2.75, 3.05) is 0 Å². The van der Waals surface area contributed by atoms with Crippen molar-refractivity contribution in [3.8, 4) is 0 Å². The fraction of sp³-hybridized carbons (Fsp3) is 0.111. The van der Waals surface area contributed by atoms with Crippen LogP contribution in [0.15, 0.2) is 53.3 Å². The molecule has 0 bridgehead atoms. The van der Waals surface area contributed by atoms with Gasteiger partial charge < -0.3 is 10.6 Å². The number of amides is 2. The average Bonchev–Trinajstić information content (AvgIpc) is 2.67. The monoisotopic (exact) mass is 370 g/mol. The van der Waals surface area contributed by atoms with Crippen LogP contribution in [0.4, 0.5) is 0 Å². The van der Waals surface area contributed by atoms with Crippen LogP contribution in [0, 0.1) is 0 Å². The number of fused-ring (bicyclic) bond motifs is 1. The standard InChI is InChI=1S/C18H15ClN4O3/c19-12-7-5-11(6-8-12)9-20-17(25)18(26)21-10-15-13-3-1-2-4-14(13)16(24)23-22-15/h1-8H,9-10H2,(H,20,25)(H,21,26)(H,23,24). The SMILES string of the molecule is O=C(NCc1ccc(Cl)cc1)C(=O)NCc1n[nH]c(=O)c2ccccc12. The fourth-order valence-electron chi connectivity index (χ4n) is 2.42. The van der Waals surface area contributed by atoms with Gasteiger partial charge in [0, 0.05) is 17.0 Å². The van der Waals surface area contributed by atoms with Gasteiger partial charge in [-0.1, -0.05) is 41.9 Å². The molecule has 1 aromatic heterocycles. The Bertz CT molecular complexity index is 1010. The van der Waals surface area contributed by atoms with Gasteiger partial charge in [-0.15, -0.1) is 0 Å². The van der Waals surface area contributed by atoms with Gasteiger partial charge in [-0.2, -0.15) is 5.10 Å². The molecule has 0 unspecified atom stereocenters. The molecule has 0 atom stereocenters. The minimum atomic E-state index is -0.781. The van der Waals surface area contributed by atoms with Crippen LogP contribution in [0.3, 0.4) is 0 Å². The molecule has 0 aliphatic heterocycles. The van der Waals surface area contributed by atoms with Crippen LogP contribution in [-0.2, 0) is 22.7 Å². The smallest absolute Gasteiger partial charge is 0.309 e. The van der Waals surface area contributed by atoms with Crippen molar-refractivity contribution in [2.24, 2.45) is 0 Å². The zero-order chi connectivity index (χ0) is 18.5. The predicted octanol–water partition coefficient (Wildman–Crippen LogP) is 1.51. The first-order valence-electron chi connectivity index (χ1n) is 7.81. The normalized spacial score (nSPS) is 10.5. The zero-order valence-corrected chi connectivity index (χ0v) is 14.3. The van der Waals surface area contributed by atoms with Crippen LogP contribution < -0.4 is 16.2 Å². The number of H-pyrrole nitrogens is 1. The van der Waals surface area contributed by atoms with E-state index in [1.165, 1.54) is 0 Å². The molecular weight excluding hydrogens is 356 g/mol. The van der Waals surface area contributed by atoms with Gasteiger partial charge in [-0.05, 0) is 23.8 Å². The van der Waals surface area contributed by atoms with E-state index in [1.807, 2.05) is 0 Å². The van der Waals surface area contributed by atoms with Gasteiger partial charge in [0.25, 0.3) is 5.56 Å². The van der Waals surface area contributed by atoms with E-state index in [1.54, 1.807) is 48.5 Å². The van der Waals surface area contributed by atoms with Crippen LogP contribution in [0.5, 0.6) is 0 Å². The molecule has 2 aromatic carbocycles. The van der Waals surface area contributed by atoms with Gasteiger partial charge in [0.05, 0.1) is 17.6 Å². The summed E-state index contributed by atoms with van der Waals surface area (Å²) in [5.41, 5.74) is 0.985.